The number of halogens is 2. The smallest absolute Gasteiger partial charge is 0.299 e. The minimum absolute atomic E-state index is 0.0191. The Morgan fingerprint density at radius 2 is 1.91 bits per heavy atom. The van der Waals surface area contributed by atoms with E-state index in [0.717, 1.165) is 29.4 Å². The number of aryl methyl sites for hydroxylation is 1. The number of benzene rings is 2. The summed E-state index contributed by atoms with van der Waals surface area (Å²) in [6, 6.07) is 8.60. The molecule has 1 aliphatic rings. The number of ether oxygens (including phenoxy) is 1. The number of phenols is 1. The number of nitrogens with one attached hydrogen (secondary N) is 1. The number of nitrogens with zero attached hydrogens (tertiary/aromatic N) is 4. The lowest BCUT2D eigenvalue weighted by atomic mass is 10.00. The monoisotopic (exact) mass is 451 g/mol. The largest absolute Gasteiger partial charge is 0.507 e. The van der Waals surface area contributed by atoms with Gasteiger partial charge in [-0.1, -0.05) is 6.07 Å². The maximum absolute atomic E-state index is 14.2. The second-order valence-electron chi connectivity index (χ2n) is 8.77. The predicted octanol–water partition coefficient (Wildman–Crippen LogP) is 4.57. The molecule has 2 aromatic carbocycles. The Kier molecular flexibility index (Phi) is 4.92. The first-order chi connectivity index (χ1) is 15.7. The minimum atomic E-state index is -0.598. The molecule has 5 rings (SSSR count). The summed E-state index contributed by atoms with van der Waals surface area (Å²) in [6.07, 6.45) is 0.560. The predicted molar refractivity (Wildman–Crippen MR) is 121 cm³/mol. The Labute approximate surface area is 189 Å². The lowest BCUT2D eigenvalue weighted by Gasteiger charge is -2.18. The third-order valence-corrected chi connectivity index (χ3v) is 5.73. The molecule has 170 valence electrons. The van der Waals surface area contributed by atoms with Crippen LogP contribution in [0.5, 0.6) is 11.8 Å². The number of aromatic hydroxyl groups is 1. The zero-order valence-corrected chi connectivity index (χ0v) is 18.5. The number of imidazole rings is 1. The molecular formula is C24H23F2N5O2. The third kappa shape index (κ3) is 3.73. The Hall–Kier alpha value is -3.75. The lowest BCUT2D eigenvalue weighted by molar-refractivity contribution is 0.268. The molecule has 0 spiro atoms. The van der Waals surface area contributed by atoms with Crippen molar-refractivity contribution in [3.63, 3.8) is 0 Å². The number of aromatic nitrogens is 4. The lowest BCUT2D eigenvalue weighted by Crippen LogP contribution is -2.26. The Balaban J connectivity index is 1.39. The molecule has 33 heavy (non-hydrogen) atoms. The highest BCUT2D eigenvalue weighted by molar-refractivity contribution is 5.84. The number of hydrogen-bond donors (Lipinski definition) is 2. The van der Waals surface area contributed by atoms with Crippen LogP contribution >= 0.6 is 0 Å². The van der Waals surface area contributed by atoms with E-state index in [2.05, 4.69) is 34.1 Å². The zero-order valence-electron chi connectivity index (χ0n) is 18.5. The van der Waals surface area contributed by atoms with Crippen LogP contribution in [0.4, 0.5) is 14.6 Å². The van der Waals surface area contributed by atoms with Crippen molar-refractivity contribution in [3.8, 4) is 22.9 Å². The number of hydrogen-bond acceptors (Lipinski definition) is 6. The van der Waals surface area contributed by atoms with E-state index in [1.807, 2.05) is 11.5 Å². The molecule has 4 aromatic rings. The topological polar surface area (TPSA) is 85.1 Å². The molecule has 1 aliphatic heterocycles. The highest BCUT2D eigenvalue weighted by Gasteiger charge is 2.35. The summed E-state index contributed by atoms with van der Waals surface area (Å²) < 4.78 is 35.6. The van der Waals surface area contributed by atoms with Gasteiger partial charge in [-0.05, 0) is 63.1 Å². The molecule has 0 atom stereocenters. The van der Waals surface area contributed by atoms with Gasteiger partial charge in [-0.2, -0.15) is 4.98 Å². The van der Waals surface area contributed by atoms with Gasteiger partial charge in [0.05, 0.1) is 5.54 Å². The fourth-order valence-electron chi connectivity index (χ4n) is 4.10. The van der Waals surface area contributed by atoms with Gasteiger partial charge in [0.15, 0.2) is 17.0 Å². The van der Waals surface area contributed by atoms with Crippen LogP contribution < -0.4 is 10.1 Å². The summed E-state index contributed by atoms with van der Waals surface area (Å²) in [4.78, 5) is 13.7. The normalized spacial score (nSPS) is 14.3. The van der Waals surface area contributed by atoms with E-state index in [1.54, 1.807) is 12.1 Å². The van der Waals surface area contributed by atoms with E-state index < -0.39 is 11.6 Å². The van der Waals surface area contributed by atoms with E-state index in [-0.39, 0.29) is 22.4 Å². The average Bonchev–Trinajstić information content (AvgIpc) is 3.28. The highest BCUT2D eigenvalue weighted by Crippen LogP contribution is 2.36. The van der Waals surface area contributed by atoms with Gasteiger partial charge >= 0.3 is 0 Å². The fourth-order valence-corrected chi connectivity index (χ4v) is 4.10. The first kappa shape index (κ1) is 21.1. The fraction of sp³-hybridized carbons (Fsp3) is 0.292. The number of phenolic OH excluding ortho intramolecular Hbond substituents is 1. The van der Waals surface area contributed by atoms with E-state index >= 15 is 0 Å². The second-order valence-corrected chi connectivity index (χ2v) is 8.77. The van der Waals surface area contributed by atoms with Gasteiger partial charge in [0, 0.05) is 17.7 Å². The molecule has 0 fully saturated rings. The maximum Gasteiger partial charge on any atom is 0.299 e. The Bertz CT molecular complexity index is 1380. The van der Waals surface area contributed by atoms with Gasteiger partial charge in [0.25, 0.3) is 6.01 Å². The highest BCUT2D eigenvalue weighted by atomic mass is 19.1. The van der Waals surface area contributed by atoms with Crippen LogP contribution in [-0.2, 0) is 12.0 Å². The molecule has 9 heteroatoms. The Morgan fingerprint density at radius 3 is 2.73 bits per heavy atom. The molecule has 2 N–H and O–H groups in total. The summed E-state index contributed by atoms with van der Waals surface area (Å²) in [5, 5.41) is 13.5. The molecule has 0 radical (unpaired) electrons. The molecule has 0 aliphatic carbocycles. The van der Waals surface area contributed by atoms with Crippen LogP contribution in [0.25, 0.3) is 22.3 Å². The van der Waals surface area contributed by atoms with Gasteiger partial charge in [-0.3, -0.25) is 4.57 Å². The van der Waals surface area contributed by atoms with Crippen molar-refractivity contribution in [2.24, 2.45) is 0 Å². The SMILES string of the molecule is Cc1nc(NCCc2ccc(O)c(-c3cc(F)ccc3F)c2)c2nc3n(c2n1)C(C)(C)CO3. The molecule has 0 unspecified atom stereocenters. The summed E-state index contributed by atoms with van der Waals surface area (Å²) >= 11 is 0. The van der Waals surface area contributed by atoms with E-state index in [9.17, 15) is 13.9 Å². The molecule has 0 saturated heterocycles. The maximum atomic E-state index is 14.2. The van der Waals surface area contributed by atoms with Crippen molar-refractivity contribution in [2.75, 3.05) is 18.5 Å². The first-order valence-corrected chi connectivity index (χ1v) is 10.6. The molecular weight excluding hydrogens is 428 g/mol. The van der Waals surface area contributed by atoms with Crippen LogP contribution in [0.15, 0.2) is 36.4 Å². The Morgan fingerprint density at radius 1 is 1.09 bits per heavy atom. The summed E-state index contributed by atoms with van der Waals surface area (Å²) in [5.41, 5.74) is 2.21. The van der Waals surface area contributed by atoms with Crippen molar-refractivity contribution in [2.45, 2.75) is 32.7 Å². The van der Waals surface area contributed by atoms with Crippen molar-refractivity contribution < 1.29 is 18.6 Å². The molecule has 0 amide bonds. The number of fused-ring (bicyclic) bond motifs is 3. The summed E-state index contributed by atoms with van der Waals surface area (Å²) in [6.45, 7) is 7.01. The van der Waals surface area contributed by atoms with Crippen molar-refractivity contribution in [3.05, 3.63) is 59.4 Å². The van der Waals surface area contributed by atoms with E-state index in [1.165, 1.54) is 6.07 Å². The average molecular weight is 451 g/mol. The minimum Gasteiger partial charge on any atom is -0.507 e. The van der Waals surface area contributed by atoms with E-state index in [4.69, 9.17) is 4.74 Å². The van der Waals surface area contributed by atoms with Gasteiger partial charge in [0.2, 0.25) is 0 Å². The first-order valence-electron chi connectivity index (χ1n) is 10.6. The summed E-state index contributed by atoms with van der Waals surface area (Å²) in [7, 11) is 0. The van der Waals surface area contributed by atoms with Crippen LogP contribution in [0, 0.1) is 18.6 Å². The van der Waals surface area contributed by atoms with Crippen LogP contribution in [0.3, 0.4) is 0 Å². The summed E-state index contributed by atoms with van der Waals surface area (Å²) in [5.74, 6) is -0.0590. The zero-order chi connectivity index (χ0) is 23.3. The molecule has 2 aromatic heterocycles. The standard InChI is InChI=1S/C24H23F2N5O2/c1-13-28-21(20-22(29-13)31-23(30-20)33-12-24(31,2)3)27-9-8-14-4-7-19(32)17(10-14)16-11-15(25)5-6-18(16)26/h4-7,10-11,32H,8-9,12H2,1-3H3,(H,27,28,29). The number of anilines is 1. The molecule has 3 heterocycles. The van der Waals surface area contributed by atoms with Crippen LogP contribution in [0.2, 0.25) is 0 Å². The number of rotatable bonds is 5. The van der Waals surface area contributed by atoms with Gasteiger partial charge in [-0.25, -0.2) is 18.7 Å². The van der Waals surface area contributed by atoms with Crippen molar-refractivity contribution >= 4 is 17.0 Å². The quantitative estimate of drug-likeness (QED) is 0.463. The molecule has 0 bridgehead atoms. The van der Waals surface area contributed by atoms with Crippen LogP contribution in [-0.4, -0.2) is 37.8 Å². The second kappa shape index (κ2) is 7.68. The van der Waals surface area contributed by atoms with Crippen molar-refractivity contribution in [1.29, 1.82) is 0 Å². The van der Waals surface area contributed by atoms with Gasteiger partial charge in [0.1, 0.15) is 29.8 Å². The molecule has 0 saturated carbocycles. The van der Waals surface area contributed by atoms with E-state index in [0.29, 0.717) is 42.7 Å². The van der Waals surface area contributed by atoms with Crippen LogP contribution in [0.1, 0.15) is 25.2 Å². The van der Waals surface area contributed by atoms with Gasteiger partial charge in [-0.15, -0.1) is 0 Å². The van der Waals surface area contributed by atoms with Gasteiger partial charge < -0.3 is 15.2 Å². The third-order valence-electron chi connectivity index (χ3n) is 5.73. The molecule has 7 nitrogen and oxygen atoms in total. The van der Waals surface area contributed by atoms with Crippen molar-refractivity contribution in [1.82, 2.24) is 19.5 Å².